The van der Waals surface area contributed by atoms with E-state index >= 15 is 0 Å². The average molecular weight is 496 g/mol. The monoisotopic (exact) mass is 495 g/mol. The van der Waals surface area contributed by atoms with E-state index in [1.165, 1.54) is 0 Å². The molecule has 1 saturated heterocycles. The standard InChI is InChI=1S/C29H33N7O/c1-34-11-13-35(14-12-34)18-19-15-23(16-19)36-28(30)26(29(31)37)27(33-36)22-8-7-21-9-10-24(32-25(21)17-22)20-5-3-2-4-6-20/h2-10,17,19,23H,11-16,18,30H2,1H3,(H2,31,37)/t19-,23+. The van der Waals surface area contributed by atoms with Gasteiger partial charge < -0.3 is 21.3 Å². The van der Waals surface area contributed by atoms with Crippen LogP contribution in [0, 0.1) is 5.92 Å². The molecule has 0 unspecified atom stereocenters. The fraction of sp³-hybridized carbons (Fsp3) is 0.345. The van der Waals surface area contributed by atoms with Gasteiger partial charge in [-0.1, -0.05) is 48.5 Å². The molecule has 190 valence electrons. The summed E-state index contributed by atoms with van der Waals surface area (Å²) in [5, 5.41) is 5.86. The third-order valence-corrected chi connectivity index (χ3v) is 7.90. The highest BCUT2D eigenvalue weighted by atomic mass is 16.1. The molecule has 4 aromatic rings. The lowest BCUT2D eigenvalue weighted by atomic mass is 9.80. The Bertz CT molecular complexity index is 1430. The maximum atomic E-state index is 12.5. The fourth-order valence-electron chi connectivity index (χ4n) is 5.65. The van der Waals surface area contributed by atoms with Gasteiger partial charge in [-0.15, -0.1) is 0 Å². The lowest BCUT2D eigenvalue weighted by Crippen LogP contribution is -2.47. The number of nitrogens with two attached hydrogens (primary N) is 2. The van der Waals surface area contributed by atoms with E-state index in [1.54, 1.807) is 0 Å². The quantitative estimate of drug-likeness (QED) is 0.423. The van der Waals surface area contributed by atoms with Crippen molar-refractivity contribution in [1.29, 1.82) is 0 Å². The molecular weight excluding hydrogens is 462 g/mol. The van der Waals surface area contributed by atoms with E-state index in [1.807, 2.05) is 59.3 Å². The highest BCUT2D eigenvalue weighted by molar-refractivity contribution is 6.04. The van der Waals surface area contributed by atoms with Gasteiger partial charge in [-0.25, -0.2) is 9.67 Å². The molecule has 0 bridgehead atoms. The predicted octanol–water partition coefficient (Wildman–Crippen LogP) is 3.64. The Morgan fingerprint density at radius 3 is 2.43 bits per heavy atom. The number of benzene rings is 2. The van der Waals surface area contributed by atoms with E-state index in [-0.39, 0.29) is 6.04 Å². The Kier molecular flexibility index (Phi) is 6.14. The maximum absolute atomic E-state index is 12.5. The Morgan fingerprint density at radius 2 is 1.70 bits per heavy atom. The van der Waals surface area contributed by atoms with Crippen molar-refractivity contribution in [2.75, 3.05) is 45.5 Å². The van der Waals surface area contributed by atoms with Crippen molar-refractivity contribution in [1.82, 2.24) is 24.6 Å². The molecule has 2 aliphatic rings. The number of amides is 1. The highest BCUT2D eigenvalue weighted by Crippen LogP contribution is 2.41. The number of hydrogen-bond acceptors (Lipinski definition) is 6. The van der Waals surface area contributed by atoms with Crippen molar-refractivity contribution in [2.24, 2.45) is 11.7 Å². The summed E-state index contributed by atoms with van der Waals surface area (Å²) in [6.07, 6.45) is 2.02. The summed E-state index contributed by atoms with van der Waals surface area (Å²) >= 11 is 0. The number of carbonyl (C=O) groups excluding carboxylic acids is 1. The molecule has 2 aromatic carbocycles. The number of likely N-dealkylation sites (N-methyl/N-ethyl adjacent to an activating group) is 1. The molecule has 0 radical (unpaired) electrons. The van der Waals surface area contributed by atoms with E-state index < -0.39 is 5.91 Å². The zero-order chi connectivity index (χ0) is 25.5. The van der Waals surface area contributed by atoms with Crippen molar-refractivity contribution in [3.8, 4) is 22.5 Å². The first-order valence-electron chi connectivity index (χ1n) is 13.0. The van der Waals surface area contributed by atoms with Crippen LogP contribution in [0.2, 0.25) is 0 Å². The summed E-state index contributed by atoms with van der Waals surface area (Å²) < 4.78 is 1.83. The number of anilines is 1. The molecule has 3 heterocycles. The van der Waals surface area contributed by atoms with Crippen molar-refractivity contribution < 1.29 is 4.79 Å². The van der Waals surface area contributed by atoms with Crippen molar-refractivity contribution in [2.45, 2.75) is 18.9 Å². The molecule has 37 heavy (non-hydrogen) atoms. The number of pyridine rings is 1. The van der Waals surface area contributed by atoms with E-state index in [2.05, 4.69) is 22.9 Å². The zero-order valence-electron chi connectivity index (χ0n) is 21.2. The van der Waals surface area contributed by atoms with Gasteiger partial charge in [-0.3, -0.25) is 4.79 Å². The number of fused-ring (bicyclic) bond motifs is 1. The van der Waals surface area contributed by atoms with Crippen molar-refractivity contribution in [3.05, 3.63) is 66.2 Å². The van der Waals surface area contributed by atoms with Crippen LogP contribution in [0.15, 0.2) is 60.7 Å². The van der Waals surface area contributed by atoms with E-state index in [0.29, 0.717) is 23.0 Å². The maximum Gasteiger partial charge on any atom is 0.254 e. The Hall–Kier alpha value is -3.75. The van der Waals surface area contributed by atoms with Gasteiger partial charge in [0.1, 0.15) is 17.1 Å². The number of nitrogens with zero attached hydrogens (tertiary/aromatic N) is 5. The van der Waals surface area contributed by atoms with Crippen LogP contribution in [0.1, 0.15) is 29.2 Å². The molecule has 1 amide bonds. The van der Waals surface area contributed by atoms with Gasteiger partial charge in [0.2, 0.25) is 0 Å². The van der Waals surface area contributed by atoms with E-state index in [4.69, 9.17) is 21.5 Å². The minimum Gasteiger partial charge on any atom is -0.383 e. The molecular formula is C29H33N7O. The van der Waals surface area contributed by atoms with Gasteiger partial charge in [-0.2, -0.15) is 5.10 Å². The van der Waals surface area contributed by atoms with Crippen LogP contribution in [0.4, 0.5) is 5.82 Å². The fourth-order valence-corrected chi connectivity index (χ4v) is 5.65. The lowest BCUT2D eigenvalue weighted by molar-refractivity contribution is 0.0879. The first-order chi connectivity index (χ1) is 18.0. The molecule has 0 atom stereocenters. The van der Waals surface area contributed by atoms with Gasteiger partial charge in [0.05, 0.1) is 17.3 Å². The van der Waals surface area contributed by atoms with Gasteiger partial charge in [-0.05, 0) is 37.9 Å². The first-order valence-corrected chi connectivity index (χ1v) is 13.0. The van der Waals surface area contributed by atoms with Crippen LogP contribution in [-0.4, -0.2) is 70.2 Å². The summed E-state index contributed by atoms with van der Waals surface area (Å²) in [5.74, 6) is 0.425. The molecule has 8 heteroatoms. The number of aromatic nitrogens is 3. The molecule has 2 fully saturated rings. The Labute approximate surface area is 216 Å². The normalized spacial score (nSPS) is 20.7. The van der Waals surface area contributed by atoms with Gasteiger partial charge >= 0.3 is 0 Å². The SMILES string of the molecule is CN1CCN(C[C@H]2C[C@@H](n3nc(-c4ccc5ccc(-c6ccccc6)nc5c4)c(C(N)=O)c3N)C2)CC1. The highest BCUT2D eigenvalue weighted by Gasteiger charge is 2.35. The molecule has 2 aromatic heterocycles. The second kappa shape index (κ2) is 9.61. The zero-order valence-corrected chi connectivity index (χ0v) is 21.2. The van der Waals surface area contributed by atoms with E-state index in [9.17, 15) is 4.79 Å². The topological polar surface area (TPSA) is 106 Å². The second-order valence-electron chi connectivity index (χ2n) is 10.5. The largest absolute Gasteiger partial charge is 0.383 e. The summed E-state index contributed by atoms with van der Waals surface area (Å²) in [6.45, 7) is 5.61. The first kappa shape index (κ1) is 23.6. The van der Waals surface area contributed by atoms with Crippen molar-refractivity contribution in [3.63, 3.8) is 0 Å². The van der Waals surface area contributed by atoms with E-state index in [0.717, 1.165) is 73.3 Å². The van der Waals surface area contributed by atoms with Crippen LogP contribution in [0.5, 0.6) is 0 Å². The number of nitrogen functional groups attached to an aromatic ring is 1. The summed E-state index contributed by atoms with van der Waals surface area (Å²) in [4.78, 5) is 22.3. The average Bonchev–Trinajstić information content (AvgIpc) is 3.23. The number of carbonyl (C=O) groups is 1. The Morgan fingerprint density at radius 1 is 0.973 bits per heavy atom. The van der Waals surface area contributed by atoms with Gasteiger partial charge in [0.15, 0.2) is 0 Å². The Balaban J connectivity index is 1.26. The van der Waals surface area contributed by atoms with Crippen LogP contribution >= 0.6 is 0 Å². The minimum atomic E-state index is -0.557. The number of rotatable bonds is 6. The molecule has 0 spiro atoms. The molecule has 1 saturated carbocycles. The molecule has 8 nitrogen and oxygen atoms in total. The number of primary amides is 1. The second-order valence-corrected chi connectivity index (χ2v) is 10.5. The molecule has 1 aliphatic carbocycles. The van der Waals surface area contributed by atoms with Crippen LogP contribution in [-0.2, 0) is 0 Å². The number of piperazine rings is 1. The van der Waals surface area contributed by atoms with Crippen molar-refractivity contribution >= 4 is 22.6 Å². The smallest absolute Gasteiger partial charge is 0.254 e. The lowest BCUT2D eigenvalue weighted by Gasteiger charge is -2.41. The third kappa shape index (κ3) is 4.58. The summed E-state index contributed by atoms with van der Waals surface area (Å²) in [6, 6.07) is 20.3. The molecule has 6 rings (SSSR count). The predicted molar refractivity (Wildman–Crippen MR) is 147 cm³/mol. The van der Waals surface area contributed by atoms with Crippen LogP contribution in [0.3, 0.4) is 0 Å². The van der Waals surface area contributed by atoms with Gasteiger partial charge in [0, 0.05) is 49.2 Å². The molecule has 4 N–H and O–H groups in total. The summed E-state index contributed by atoms with van der Waals surface area (Å²) in [7, 11) is 2.18. The summed E-state index contributed by atoms with van der Waals surface area (Å²) in [5.41, 5.74) is 16.7. The van der Waals surface area contributed by atoms with Crippen LogP contribution in [0.25, 0.3) is 33.4 Å². The third-order valence-electron chi connectivity index (χ3n) is 7.90. The molecule has 1 aliphatic heterocycles. The van der Waals surface area contributed by atoms with Crippen LogP contribution < -0.4 is 11.5 Å². The van der Waals surface area contributed by atoms with Gasteiger partial charge in [0.25, 0.3) is 5.91 Å². The number of hydrogen-bond donors (Lipinski definition) is 2. The minimum absolute atomic E-state index is 0.188.